The molecule has 3 aromatic rings. The molecule has 5 atom stereocenters. The van der Waals surface area contributed by atoms with E-state index in [1.165, 1.54) is 0 Å². The van der Waals surface area contributed by atoms with Crippen LogP contribution < -0.4 is 16.6 Å². The van der Waals surface area contributed by atoms with E-state index in [4.69, 9.17) is 24.5 Å². The number of benzene rings is 2. The number of hydrogen-bond donors (Lipinski definition) is 8. The van der Waals surface area contributed by atoms with Gasteiger partial charge in [-0.3, -0.25) is 24.2 Å². The van der Waals surface area contributed by atoms with Crippen LogP contribution >= 0.6 is 23.5 Å². The molecule has 1 fully saturated rings. The fourth-order valence-corrected chi connectivity index (χ4v) is 6.64. The highest BCUT2D eigenvalue weighted by molar-refractivity contribution is 7.66. The number of carboxylic acid groups (broad SMARTS) is 1. The van der Waals surface area contributed by atoms with E-state index in [-0.39, 0.29) is 6.42 Å². The molecular formula is C20H24N3O16P3. The zero-order valence-electron chi connectivity index (χ0n) is 20.9. The molecule has 8 N–H and O–H groups in total. The molecular weight excluding hydrogens is 631 g/mol. The summed E-state index contributed by atoms with van der Waals surface area (Å²) in [6.07, 6.45) is -3.78. The molecule has 0 radical (unpaired) electrons. The number of carbonyl (C=O) groups is 1. The smallest absolute Gasteiger partial charge is 0.465 e. The zero-order chi connectivity index (χ0) is 31.3. The minimum absolute atomic E-state index is 0.170. The number of phosphoric ester groups is 1. The van der Waals surface area contributed by atoms with Gasteiger partial charge in [-0.2, -0.15) is 8.62 Å². The Hall–Kier alpha value is -3.02. The number of aromatic amines is 1. The maximum absolute atomic E-state index is 11.7. The van der Waals surface area contributed by atoms with E-state index in [1.54, 1.807) is 6.07 Å². The number of phosphoric acid groups is 3. The Morgan fingerprint density at radius 3 is 2.31 bits per heavy atom. The van der Waals surface area contributed by atoms with E-state index in [0.29, 0.717) is 5.69 Å². The maximum Gasteiger partial charge on any atom is 0.490 e. The van der Waals surface area contributed by atoms with E-state index >= 15 is 0 Å². The summed E-state index contributed by atoms with van der Waals surface area (Å²) in [5.74, 6) is 0. The summed E-state index contributed by atoms with van der Waals surface area (Å²) in [5, 5.41) is 22.8. The highest BCUT2D eigenvalue weighted by Crippen LogP contribution is 2.66. The molecule has 0 spiro atoms. The first-order valence-corrected chi connectivity index (χ1v) is 15.9. The van der Waals surface area contributed by atoms with Gasteiger partial charge in [-0.15, -0.1) is 0 Å². The van der Waals surface area contributed by atoms with E-state index in [9.17, 15) is 38.1 Å². The van der Waals surface area contributed by atoms with E-state index < -0.39 is 65.9 Å². The first-order chi connectivity index (χ1) is 19.4. The van der Waals surface area contributed by atoms with Gasteiger partial charge in [-0.25, -0.2) is 23.3 Å². The lowest BCUT2D eigenvalue weighted by Gasteiger charge is -2.19. The molecule has 4 rings (SSSR count). The monoisotopic (exact) mass is 655 g/mol. The molecule has 1 aliphatic heterocycles. The number of H-pyrrole nitrogens is 1. The van der Waals surface area contributed by atoms with Crippen LogP contribution in [0.1, 0.15) is 12.6 Å². The predicted octanol–water partition coefficient (Wildman–Crippen LogP) is 1.46. The van der Waals surface area contributed by atoms with Crippen LogP contribution in [-0.4, -0.2) is 64.2 Å². The fourth-order valence-electron chi connectivity index (χ4n) is 3.61. The number of amides is 1. The third kappa shape index (κ3) is 10.1. The molecule has 1 aromatic heterocycles. The van der Waals surface area contributed by atoms with Crippen LogP contribution in [0.5, 0.6) is 0 Å². The number of ether oxygens (including phenoxy) is 1. The van der Waals surface area contributed by atoms with Gasteiger partial charge in [0, 0.05) is 24.1 Å². The molecule has 0 saturated carbocycles. The molecule has 2 heterocycles. The van der Waals surface area contributed by atoms with Gasteiger partial charge < -0.3 is 34.5 Å². The normalized spacial score (nSPS) is 21.5. The van der Waals surface area contributed by atoms with Crippen molar-refractivity contribution in [2.45, 2.75) is 24.9 Å². The summed E-state index contributed by atoms with van der Waals surface area (Å²) in [6, 6.07) is 14.2. The van der Waals surface area contributed by atoms with Gasteiger partial charge in [-0.05, 0) is 11.5 Å². The van der Waals surface area contributed by atoms with Crippen LogP contribution in [0.3, 0.4) is 0 Å². The largest absolute Gasteiger partial charge is 0.490 e. The van der Waals surface area contributed by atoms with Crippen molar-refractivity contribution in [1.82, 2.24) is 9.55 Å². The minimum atomic E-state index is -5.67. The zero-order valence-corrected chi connectivity index (χ0v) is 23.6. The molecule has 230 valence electrons. The molecule has 0 bridgehead atoms. The summed E-state index contributed by atoms with van der Waals surface area (Å²) in [6.45, 7) is -0.876. The lowest BCUT2D eigenvalue weighted by Crippen LogP contribution is -2.31. The number of aliphatic hydroxyl groups is 1. The predicted molar refractivity (Wildman–Crippen MR) is 141 cm³/mol. The third-order valence-corrected chi connectivity index (χ3v) is 9.02. The second-order valence-corrected chi connectivity index (χ2v) is 12.7. The summed E-state index contributed by atoms with van der Waals surface area (Å²) >= 11 is 0. The molecule has 0 aliphatic carbocycles. The Labute approximate surface area is 234 Å². The lowest BCUT2D eigenvalue weighted by atomic mass is 10.1. The fraction of sp³-hybridized carbons (Fsp3) is 0.250. The van der Waals surface area contributed by atoms with E-state index in [1.807, 2.05) is 41.4 Å². The molecule has 1 saturated heterocycles. The summed E-state index contributed by atoms with van der Waals surface area (Å²) in [4.78, 5) is 70.5. The number of anilines is 1. The first kappa shape index (κ1) is 33.5. The van der Waals surface area contributed by atoms with Crippen molar-refractivity contribution in [1.29, 1.82) is 0 Å². The average molecular weight is 655 g/mol. The van der Waals surface area contributed by atoms with Gasteiger partial charge in [0.15, 0.2) is 0 Å². The van der Waals surface area contributed by atoms with Gasteiger partial charge in [0.2, 0.25) is 0 Å². The van der Waals surface area contributed by atoms with Crippen molar-refractivity contribution < 1.29 is 66.2 Å². The van der Waals surface area contributed by atoms with Crippen molar-refractivity contribution in [2.75, 3.05) is 11.9 Å². The molecule has 1 amide bonds. The Kier molecular flexibility index (Phi) is 10.8. The van der Waals surface area contributed by atoms with Gasteiger partial charge in [0.1, 0.15) is 12.3 Å². The van der Waals surface area contributed by atoms with Crippen molar-refractivity contribution in [3.63, 3.8) is 0 Å². The third-order valence-electron chi connectivity index (χ3n) is 5.21. The number of fused-ring (bicyclic) bond motifs is 1. The molecule has 42 heavy (non-hydrogen) atoms. The van der Waals surface area contributed by atoms with Crippen molar-refractivity contribution in [2.24, 2.45) is 0 Å². The minimum Gasteiger partial charge on any atom is -0.465 e. The quantitative estimate of drug-likeness (QED) is 0.151. The standard InChI is InChI=1S/C11H9NO2.C9H15N2O14P3/c13-11(14)12-10-7-3-5-8-4-1-2-6-9(8)10;12-5-3-8(11-2-1-7(13)10-9(11)14)23-6(5)4-22-27(18,19)25-28(20,21)24-26(15,16)17/h1-7,12H,(H,13,14);1-2,5-6,8,12H,3-4H2,(H,18,19)(H,20,21)(H,10,13,14)(H2,15,16,17)/t;5-,6+,8+/m.0/s1. The first-order valence-electron chi connectivity index (χ1n) is 11.4. The van der Waals surface area contributed by atoms with Crippen molar-refractivity contribution >= 4 is 46.0 Å². The molecule has 22 heteroatoms. The number of aromatic nitrogens is 2. The molecule has 2 unspecified atom stereocenters. The van der Waals surface area contributed by atoms with Crippen LogP contribution in [-0.2, 0) is 31.6 Å². The Bertz CT molecular complexity index is 1680. The number of hydrogen-bond acceptors (Lipinski definition) is 11. The van der Waals surface area contributed by atoms with Crippen LogP contribution in [0.2, 0.25) is 0 Å². The maximum atomic E-state index is 11.7. The number of nitrogens with one attached hydrogen (secondary N) is 2. The van der Waals surface area contributed by atoms with Crippen molar-refractivity contribution in [3.8, 4) is 0 Å². The van der Waals surface area contributed by atoms with Crippen LogP contribution in [0.25, 0.3) is 10.8 Å². The van der Waals surface area contributed by atoms with Crippen LogP contribution in [0.4, 0.5) is 10.5 Å². The number of aliphatic hydroxyl groups excluding tert-OH is 1. The average Bonchev–Trinajstić information content (AvgIpc) is 3.21. The summed E-state index contributed by atoms with van der Waals surface area (Å²) in [5.41, 5.74) is -0.877. The highest BCUT2D eigenvalue weighted by atomic mass is 31.3. The molecule has 19 nitrogen and oxygen atoms in total. The Morgan fingerprint density at radius 1 is 1.00 bits per heavy atom. The number of nitrogens with zero attached hydrogens (tertiary/aromatic N) is 1. The van der Waals surface area contributed by atoms with E-state index in [0.717, 1.165) is 27.6 Å². The molecule has 2 aromatic carbocycles. The topological polar surface area (TPSA) is 293 Å². The van der Waals surface area contributed by atoms with Gasteiger partial charge in [0.05, 0.1) is 18.4 Å². The highest BCUT2D eigenvalue weighted by Gasteiger charge is 2.42. The summed E-state index contributed by atoms with van der Waals surface area (Å²) in [7, 11) is -16.6. The van der Waals surface area contributed by atoms with Gasteiger partial charge >= 0.3 is 35.3 Å². The van der Waals surface area contributed by atoms with Gasteiger partial charge in [-0.1, -0.05) is 36.4 Å². The van der Waals surface area contributed by atoms with E-state index in [2.05, 4.69) is 18.5 Å². The Balaban J connectivity index is 0.000000287. The van der Waals surface area contributed by atoms with Gasteiger partial charge in [0.25, 0.3) is 5.56 Å². The second-order valence-electron chi connectivity index (χ2n) is 8.29. The van der Waals surface area contributed by atoms with Crippen LogP contribution in [0.15, 0.2) is 64.3 Å². The van der Waals surface area contributed by atoms with Crippen molar-refractivity contribution in [3.05, 3.63) is 75.6 Å². The second kappa shape index (κ2) is 13.5. The SMILES string of the molecule is O=C(O)Nc1cccc2ccccc12.O=c1ccn([C@H]2C[C@H](O)[C@@H](COP(=O)(O)OP(=O)(O)OP(=O)(O)O)O2)c(=O)[nH]1. The number of rotatable bonds is 9. The summed E-state index contributed by atoms with van der Waals surface area (Å²) < 4.78 is 51.0. The lowest BCUT2D eigenvalue weighted by molar-refractivity contribution is -0.0450. The van der Waals surface area contributed by atoms with Crippen LogP contribution in [0, 0.1) is 0 Å². The molecule has 1 aliphatic rings. The Morgan fingerprint density at radius 2 is 1.67 bits per heavy atom.